The number of likely N-dealkylation sites (tertiary alicyclic amines) is 1. The second-order valence-corrected chi connectivity index (χ2v) is 9.26. The number of benzene rings is 2. The van der Waals surface area contributed by atoms with Gasteiger partial charge in [0.25, 0.3) is 0 Å². The lowest BCUT2D eigenvalue weighted by molar-refractivity contribution is -0.139. The molecular weight excluding hydrogens is 420 g/mol. The molecule has 172 valence electrons. The zero-order valence-corrected chi connectivity index (χ0v) is 18.5. The zero-order chi connectivity index (χ0) is 23.0. The molecule has 2 aromatic rings. The molecule has 2 aromatic carbocycles. The van der Waals surface area contributed by atoms with E-state index in [2.05, 4.69) is 29.6 Å². The fraction of sp³-hybridized carbons (Fsp3) is 0.423. The van der Waals surface area contributed by atoms with Crippen molar-refractivity contribution < 1.29 is 24.2 Å². The van der Waals surface area contributed by atoms with Gasteiger partial charge >= 0.3 is 12.1 Å². The third kappa shape index (κ3) is 4.08. The Morgan fingerprint density at radius 3 is 2.27 bits per heavy atom. The van der Waals surface area contributed by atoms with Gasteiger partial charge < -0.3 is 20.1 Å². The first-order valence-corrected chi connectivity index (χ1v) is 11.6. The van der Waals surface area contributed by atoms with Crippen molar-refractivity contribution in [3.63, 3.8) is 0 Å². The number of hydrogen-bond donors (Lipinski definition) is 2. The van der Waals surface area contributed by atoms with Crippen LogP contribution in [0.25, 0.3) is 11.1 Å². The monoisotopic (exact) mass is 448 g/mol. The number of nitrogens with one attached hydrogen (secondary N) is 1. The van der Waals surface area contributed by atoms with Crippen LogP contribution in [0.15, 0.2) is 48.5 Å². The van der Waals surface area contributed by atoms with Gasteiger partial charge in [0.1, 0.15) is 12.1 Å². The summed E-state index contributed by atoms with van der Waals surface area (Å²) in [5, 5.41) is 11.8. The summed E-state index contributed by atoms with van der Waals surface area (Å²) in [6.07, 6.45) is 2.74. The molecule has 0 radical (unpaired) electrons. The minimum atomic E-state index is -0.908. The maximum absolute atomic E-state index is 13.2. The predicted molar refractivity (Wildman–Crippen MR) is 122 cm³/mol. The van der Waals surface area contributed by atoms with Gasteiger partial charge in [0, 0.05) is 24.9 Å². The maximum Gasteiger partial charge on any atom is 0.408 e. The van der Waals surface area contributed by atoms with Crippen molar-refractivity contribution in [1.29, 1.82) is 0 Å². The molecule has 2 fully saturated rings. The van der Waals surface area contributed by atoms with E-state index in [9.17, 15) is 14.4 Å². The summed E-state index contributed by atoms with van der Waals surface area (Å²) < 4.78 is 5.64. The highest BCUT2D eigenvalue weighted by molar-refractivity contribution is 5.93. The number of ether oxygens (including phenoxy) is 1. The van der Waals surface area contributed by atoms with Crippen LogP contribution in [0.2, 0.25) is 0 Å². The first-order chi connectivity index (χ1) is 16.0. The summed E-state index contributed by atoms with van der Waals surface area (Å²) in [5.74, 6) is -0.996. The molecule has 0 aromatic heterocycles. The summed E-state index contributed by atoms with van der Waals surface area (Å²) in [7, 11) is 0. The number of carboxylic acid groups (broad SMARTS) is 1. The lowest BCUT2D eigenvalue weighted by atomic mass is 9.98. The Hall–Kier alpha value is -3.35. The molecule has 1 saturated carbocycles. The highest BCUT2D eigenvalue weighted by Crippen LogP contribution is 2.45. The van der Waals surface area contributed by atoms with Crippen LogP contribution in [-0.2, 0) is 14.3 Å². The summed E-state index contributed by atoms with van der Waals surface area (Å²) in [4.78, 5) is 38.6. The Bertz CT molecular complexity index is 1050. The van der Waals surface area contributed by atoms with Gasteiger partial charge in [-0.2, -0.15) is 0 Å². The summed E-state index contributed by atoms with van der Waals surface area (Å²) in [6, 6.07) is 16.2. The van der Waals surface area contributed by atoms with Gasteiger partial charge in [0.05, 0.1) is 0 Å². The Kier molecular flexibility index (Phi) is 5.56. The minimum absolute atomic E-state index is 0.0343. The van der Waals surface area contributed by atoms with E-state index in [4.69, 9.17) is 9.84 Å². The Morgan fingerprint density at radius 1 is 1.03 bits per heavy atom. The van der Waals surface area contributed by atoms with E-state index in [0.717, 1.165) is 35.1 Å². The molecule has 2 amide bonds. The normalized spacial score (nSPS) is 20.1. The molecule has 1 saturated heterocycles. The number of hydrogen-bond acceptors (Lipinski definition) is 4. The molecule has 1 unspecified atom stereocenters. The van der Waals surface area contributed by atoms with Crippen molar-refractivity contribution in [1.82, 2.24) is 10.2 Å². The molecule has 7 heteroatoms. The van der Waals surface area contributed by atoms with Gasteiger partial charge in [-0.05, 0) is 54.4 Å². The number of fused-ring (bicyclic) bond motifs is 3. The average molecular weight is 449 g/mol. The number of carboxylic acids is 1. The van der Waals surface area contributed by atoms with Gasteiger partial charge in [-0.15, -0.1) is 0 Å². The van der Waals surface area contributed by atoms with Crippen LogP contribution in [0, 0.1) is 0 Å². The largest absolute Gasteiger partial charge is 0.481 e. The standard InChI is InChI=1S/C26H28N2O5/c29-23(30)12-11-17-6-5-15-28(17)24(31)26(13-14-26)27-25(32)33-16-22-20-9-3-1-7-18(20)19-8-2-4-10-21(19)22/h1-4,7-10,17,22H,5-6,11-16H2,(H,27,32)(H,29,30). The average Bonchev–Trinajstić information content (AvgIpc) is 3.32. The van der Waals surface area contributed by atoms with Crippen LogP contribution in [-0.4, -0.2) is 52.7 Å². The summed E-state index contributed by atoms with van der Waals surface area (Å²) in [6.45, 7) is 0.812. The second kappa shape index (κ2) is 8.54. The second-order valence-electron chi connectivity index (χ2n) is 9.26. The molecule has 2 aliphatic carbocycles. The molecule has 1 atom stereocenters. The molecule has 2 N–H and O–H groups in total. The van der Waals surface area contributed by atoms with Crippen LogP contribution in [0.1, 0.15) is 55.6 Å². The predicted octanol–water partition coefficient (Wildman–Crippen LogP) is 3.91. The van der Waals surface area contributed by atoms with Crippen LogP contribution in [0.4, 0.5) is 4.79 Å². The van der Waals surface area contributed by atoms with E-state index in [1.807, 2.05) is 24.3 Å². The number of rotatable bonds is 7. The minimum Gasteiger partial charge on any atom is -0.481 e. The van der Waals surface area contributed by atoms with Crippen LogP contribution >= 0.6 is 0 Å². The number of aliphatic carboxylic acids is 1. The van der Waals surface area contributed by atoms with E-state index >= 15 is 0 Å². The number of amides is 2. The Labute approximate surface area is 192 Å². The van der Waals surface area contributed by atoms with Crippen LogP contribution in [0.5, 0.6) is 0 Å². The van der Waals surface area contributed by atoms with Gasteiger partial charge in [-0.25, -0.2) is 4.79 Å². The Balaban J connectivity index is 1.22. The van der Waals surface area contributed by atoms with Crippen molar-refractivity contribution in [3.8, 4) is 11.1 Å². The third-order valence-electron chi connectivity index (χ3n) is 7.17. The lowest BCUT2D eigenvalue weighted by Crippen LogP contribution is -2.52. The molecule has 7 nitrogen and oxygen atoms in total. The molecule has 1 aliphatic heterocycles. The smallest absolute Gasteiger partial charge is 0.408 e. The van der Waals surface area contributed by atoms with E-state index in [0.29, 0.717) is 25.8 Å². The molecule has 5 rings (SSSR count). The zero-order valence-electron chi connectivity index (χ0n) is 18.5. The summed E-state index contributed by atoms with van der Waals surface area (Å²) in [5.41, 5.74) is 3.70. The van der Waals surface area contributed by atoms with E-state index in [1.165, 1.54) is 0 Å². The van der Waals surface area contributed by atoms with Crippen LogP contribution in [0.3, 0.4) is 0 Å². The Morgan fingerprint density at radius 2 is 1.67 bits per heavy atom. The molecule has 1 heterocycles. The van der Waals surface area contributed by atoms with Crippen molar-refractivity contribution in [2.75, 3.05) is 13.2 Å². The fourth-order valence-electron chi connectivity index (χ4n) is 5.32. The van der Waals surface area contributed by atoms with Crippen molar-refractivity contribution in [2.45, 2.75) is 56.0 Å². The molecule has 33 heavy (non-hydrogen) atoms. The highest BCUT2D eigenvalue weighted by Gasteiger charge is 2.54. The van der Waals surface area contributed by atoms with Gasteiger partial charge in [-0.3, -0.25) is 9.59 Å². The van der Waals surface area contributed by atoms with Gasteiger partial charge in [0.2, 0.25) is 5.91 Å². The van der Waals surface area contributed by atoms with Crippen molar-refractivity contribution in [3.05, 3.63) is 59.7 Å². The first-order valence-electron chi connectivity index (χ1n) is 11.6. The van der Waals surface area contributed by atoms with Gasteiger partial charge in [-0.1, -0.05) is 48.5 Å². The summed E-state index contributed by atoms with van der Waals surface area (Å²) >= 11 is 0. The molecule has 3 aliphatic rings. The van der Waals surface area contributed by atoms with E-state index < -0.39 is 17.6 Å². The number of alkyl carbamates (subject to hydrolysis) is 1. The number of carbonyl (C=O) groups is 3. The van der Waals surface area contributed by atoms with Crippen molar-refractivity contribution >= 4 is 18.0 Å². The SMILES string of the molecule is O=C(O)CCC1CCCN1C(=O)C1(NC(=O)OCC2c3ccccc3-c3ccccc32)CC1. The third-order valence-corrected chi connectivity index (χ3v) is 7.17. The topological polar surface area (TPSA) is 95.9 Å². The lowest BCUT2D eigenvalue weighted by Gasteiger charge is -2.29. The highest BCUT2D eigenvalue weighted by atomic mass is 16.5. The van der Waals surface area contributed by atoms with Crippen LogP contribution < -0.4 is 5.32 Å². The number of nitrogens with zero attached hydrogens (tertiary/aromatic N) is 1. The quantitative estimate of drug-likeness (QED) is 0.670. The molecule has 0 spiro atoms. The molecule has 0 bridgehead atoms. The van der Waals surface area contributed by atoms with E-state index in [-0.39, 0.29) is 30.9 Å². The molecular formula is C26H28N2O5. The van der Waals surface area contributed by atoms with Crippen molar-refractivity contribution in [2.24, 2.45) is 0 Å². The maximum atomic E-state index is 13.2. The number of carbonyl (C=O) groups excluding carboxylic acids is 2. The fourth-order valence-corrected chi connectivity index (χ4v) is 5.32. The van der Waals surface area contributed by atoms with Gasteiger partial charge in [0.15, 0.2) is 0 Å². The first kappa shape index (κ1) is 21.5. The van der Waals surface area contributed by atoms with E-state index in [1.54, 1.807) is 4.90 Å².